The highest BCUT2D eigenvalue weighted by Crippen LogP contribution is 2.13. The van der Waals surface area contributed by atoms with Crippen molar-refractivity contribution >= 4 is 0 Å². The number of ether oxygens (including phenoxy) is 1. The lowest BCUT2D eigenvalue weighted by Crippen LogP contribution is -2.17. The van der Waals surface area contributed by atoms with Gasteiger partial charge in [-0.3, -0.25) is 4.68 Å². The molecule has 4 nitrogen and oxygen atoms in total. The van der Waals surface area contributed by atoms with Gasteiger partial charge in [0.1, 0.15) is 0 Å². The summed E-state index contributed by atoms with van der Waals surface area (Å²) < 4.78 is 7.11. The molecule has 0 aliphatic heterocycles. The molecule has 0 bridgehead atoms. The number of benzene rings is 1. The average Bonchev–Trinajstić information content (AvgIpc) is 2.94. The molecule has 0 aliphatic rings. The predicted molar refractivity (Wildman–Crippen MR) is 80.3 cm³/mol. The second kappa shape index (κ2) is 7.22. The zero-order valence-corrected chi connectivity index (χ0v) is 12.5. The second-order valence-corrected chi connectivity index (χ2v) is 4.98. The molecule has 1 aromatic heterocycles. The normalized spacial score (nSPS) is 12.6. The van der Waals surface area contributed by atoms with Crippen molar-refractivity contribution < 1.29 is 4.74 Å². The van der Waals surface area contributed by atoms with Crippen LogP contribution < -0.4 is 5.32 Å². The maximum Gasteiger partial charge on any atom is 0.0713 e. The smallest absolute Gasteiger partial charge is 0.0713 e. The zero-order chi connectivity index (χ0) is 14.4. The minimum absolute atomic E-state index is 0.293. The molecule has 20 heavy (non-hydrogen) atoms. The lowest BCUT2D eigenvalue weighted by atomic mass is 10.1. The Balaban J connectivity index is 1.92. The molecular weight excluding hydrogens is 250 g/mol. The SMILES string of the molecule is CCn1cc(C(C)NCc2cccc(COC)c2)cn1. The number of hydrogen-bond donors (Lipinski definition) is 1. The van der Waals surface area contributed by atoms with Crippen LogP contribution in [0.2, 0.25) is 0 Å². The molecule has 1 N–H and O–H groups in total. The summed E-state index contributed by atoms with van der Waals surface area (Å²) in [7, 11) is 1.72. The van der Waals surface area contributed by atoms with Gasteiger partial charge in [-0.15, -0.1) is 0 Å². The van der Waals surface area contributed by atoms with E-state index in [1.165, 1.54) is 16.7 Å². The fraction of sp³-hybridized carbons (Fsp3) is 0.438. The molecule has 2 rings (SSSR count). The van der Waals surface area contributed by atoms with E-state index in [4.69, 9.17) is 4.74 Å². The fourth-order valence-electron chi connectivity index (χ4n) is 2.16. The molecular formula is C16H23N3O. The number of nitrogens with zero attached hydrogens (tertiary/aromatic N) is 2. The average molecular weight is 273 g/mol. The van der Waals surface area contributed by atoms with Crippen LogP contribution in [-0.4, -0.2) is 16.9 Å². The van der Waals surface area contributed by atoms with Crippen molar-refractivity contribution in [1.82, 2.24) is 15.1 Å². The van der Waals surface area contributed by atoms with E-state index >= 15 is 0 Å². The van der Waals surface area contributed by atoms with Crippen LogP contribution in [0.25, 0.3) is 0 Å². The highest BCUT2D eigenvalue weighted by molar-refractivity contribution is 5.23. The van der Waals surface area contributed by atoms with Gasteiger partial charge < -0.3 is 10.1 Å². The Morgan fingerprint density at radius 2 is 2.15 bits per heavy atom. The van der Waals surface area contributed by atoms with Gasteiger partial charge in [-0.25, -0.2) is 0 Å². The molecule has 0 amide bonds. The van der Waals surface area contributed by atoms with E-state index in [1.54, 1.807) is 7.11 Å². The largest absolute Gasteiger partial charge is 0.380 e. The first kappa shape index (κ1) is 14.8. The molecule has 0 fully saturated rings. The Morgan fingerprint density at radius 3 is 2.85 bits per heavy atom. The van der Waals surface area contributed by atoms with Gasteiger partial charge >= 0.3 is 0 Å². The number of aromatic nitrogens is 2. The Bertz CT molecular complexity index is 536. The maximum atomic E-state index is 5.16. The molecule has 1 aromatic carbocycles. The van der Waals surface area contributed by atoms with Gasteiger partial charge in [0, 0.05) is 38.0 Å². The number of methoxy groups -OCH3 is 1. The third-order valence-corrected chi connectivity index (χ3v) is 3.39. The molecule has 1 atom stereocenters. The first-order valence-corrected chi connectivity index (χ1v) is 7.05. The highest BCUT2D eigenvalue weighted by Gasteiger charge is 2.07. The van der Waals surface area contributed by atoms with Crippen LogP contribution in [0.3, 0.4) is 0 Å². The van der Waals surface area contributed by atoms with Gasteiger partial charge in [0.05, 0.1) is 12.8 Å². The van der Waals surface area contributed by atoms with E-state index in [2.05, 4.69) is 54.7 Å². The summed E-state index contributed by atoms with van der Waals surface area (Å²) in [5.74, 6) is 0. The van der Waals surface area contributed by atoms with E-state index in [9.17, 15) is 0 Å². The molecule has 0 radical (unpaired) electrons. The quantitative estimate of drug-likeness (QED) is 0.843. The minimum Gasteiger partial charge on any atom is -0.380 e. The molecule has 0 saturated carbocycles. The van der Waals surface area contributed by atoms with Crippen LogP contribution in [0.1, 0.15) is 36.6 Å². The van der Waals surface area contributed by atoms with Crippen LogP contribution >= 0.6 is 0 Å². The fourth-order valence-corrected chi connectivity index (χ4v) is 2.16. The van der Waals surface area contributed by atoms with E-state index < -0.39 is 0 Å². The van der Waals surface area contributed by atoms with Gasteiger partial charge in [-0.2, -0.15) is 5.10 Å². The number of rotatable bonds is 7. The first-order chi connectivity index (χ1) is 9.72. The van der Waals surface area contributed by atoms with E-state index in [1.807, 2.05) is 10.9 Å². The Kier molecular flexibility index (Phi) is 5.32. The zero-order valence-electron chi connectivity index (χ0n) is 12.5. The summed E-state index contributed by atoms with van der Waals surface area (Å²) >= 11 is 0. The third kappa shape index (κ3) is 3.92. The summed E-state index contributed by atoms with van der Waals surface area (Å²) in [5.41, 5.74) is 3.70. The molecule has 1 unspecified atom stereocenters. The van der Waals surface area contributed by atoms with Gasteiger partial charge in [-0.05, 0) is 25.0 Å². The van der Waals surface area contributed by atoms with Crippen molar-refractivity contribution in [1.29, 1.82) is 0 Å². The van der Waals surface area contributed by atoms with E-state index in [0.717, 1.165) is 13.1 Å². The van der Waals surface area contributed by atoms with Crippen molar-refractivity contribution in [3.8, 4) is 0 Å². The summed E-state index contributed by atoms with van der Waals surface area (Å²) in [6.45, 7) is 6.67. The van der Waals surface area contributed by atoms with Crippen LogP contribution in [0, 0.1) is 0 Å². The maximum absolute atomic E-state index is 5.16. The van der Waals surface area contributed by atoms with Crippen LogP contribution in [0.4, 0.5) is 0 Å². The third-order valence-electron chi connectivity index (χ3n) is 3.39. The lowest BCUT2D eigenvalue weighted by Gasteiger charge is -2.12. The summed E-state index contributed by atoms with van der Waals surface area (Å²) in [6.07, 6.45) is 4.03. The number of hydrogen-bond acceptors (Lipinski definition) is 3. The standard InChI is InChI=1S/C16H23N3O/c1-4-19-11-16(10-18-19)13(2)17-9-14-6-5-7-15(8-14)12-20-3/h5-8,10-11,13,17H,4,9,12H2,1-3H3. The highest BCUT2D eigenvalue weighted by atomic mass is 16.5. The van der Waals surface area contributed by atoms with Crippen molar-refractivity contribution in [2.24, 2.45) is 0 Å². The van der Waals surface area contributed by atoms with Crippen molar-refractivity contribution in [3.63, 3.8) is 0 Å². The van der Waals surface area contributed by atoms with E-state index in [-0.39, 0.29) is 0 Å². The summed E-state index contributed by atoms with van der Waals surface area (Å²) in [6, 6.07) is 8.77. The monoisotopic (exact) mass is 273 g/mol. The van der Waals surface area contributed by atoms with Crippen molar-refractivity contribution in [2.45, 2.75) is 39.6 Å². The molecule has 0 aliphatic carbocycles. The molecule has 2 aromatic rings. The van der Waals surface area contributed by atoms with Crippen molar-refractivity contribution in [2.75, 3.05) is 7.11 Å². The Hall–Kier alpha value is -1.65. The summed E-state index contributed by atoms with van der Waals surface area (Å²) in [4.78, 5) is 0. The molecule has 0 spiro atoms. The van der Waals surface area contributed by atoms with E-state index in [0.29, 0.717) is 12.6 Å². The van der Waals surface area contributed by atoms with Gasteiger partial charge in [0.15, 0.2) is 0 Å². The van der Waals surface area contributed by atoms with Gasteiger partial charge in [0.2, 0.25) is 0 Å². The molecule has 4 heteroatoms. The number of aryl methyl sites for hydroxylation is 1. The minimum atomic E-state index is 0.293. The number of nitrogens with one attached hydrogen (secondary N) is 1. The first-order valence-electron chi connectivity index (χ1n) is 7.05. The van der Waals surface area contributed by atoms with Crippen LogP contribution in [0.15, 0.2) is 36.7 Å². The lowest BCUT2D eigenvalue weighted by molar-refractivity contribution is 0.185. The van der Waals surface area contributed by atoms with Gasteiger partial charge in [0.25, 0.3) is 0 Å². The molecule has 0 saturated heterocycles. The topological polar surface area (TPSA) is 39.1 Å². The molecule has 108 valence electrons. The van der Waals surface area contributed by atoms with Gasteiger partial charge in [-0.1, -0.05) is 24.3 Å². The summed E-state index contributed by atoms with van der Waals surface area (Å²) in [5, 5.41) is 7.84. The second-order valence-electron chi connectivity index (χ2n) is 4.98. The molecule has 1 heterocycles. The van der Waals surface area contributed by atoms with Crippen molar-refractivity contribution in [3.05, 3.63) is 53.3 Å². The Labute approximate surface area is 120 Å². The van der Waals surface area contributed by atoms with Crippen LogP contribution in [0.5, 0.6) is 0 Å². The predicted octanol–water partition coefficient (Wildman–Crippen LogP) is 2.90. The Morgan fingerprint density at radius 1 is 1.35 bits per heavy atom. The van der Waals surface area contributed by atoms with Crippen LogP contribution in [-0.2, 0) is 24.4 Å².